The summed E-state index contributed by atoms with van der Waals surface area (Å²) in [5.74, 6) is -0.352. The topological polar surface area (TPSA) is 72.3 Å². The summed E-state index contributed by atoms with van der Waals surface area (Å²) < 4.78 is 5.60. The van der Waals surface area contributed by atoms with E-state index in [1.54, 1.807) is 32.9 Å². The predicted octanol–water partition coefficient (Wildman–Crippen LogP) is 4.47. The third-order valence-corrected chi connectivity index (χ3v) is 4.76. The van der Waals surface area contributed by atoms with E-state index in [0.717, 1.165) is 0 Å². The molecule has 1 aliphatic rings. The molecule has 1 aliphatic carbocycles. The van der Waals surface area contributed by atoms with Crippen LogP contribution in [0.25, 0.3) is 11.3 Å². The SMILES string of the molecule is CCOc1c(Cl)ccc(Cl)c1C1=C(O)c2nccnc2C(C)(C)C1=O. The fourth-order valence-electron chi connectivity index (χ4n) is 2.90. The zero-order valence-corrected chi connectivity index (χ0v) is 15.4. The molecular formula is C18H16Cl2N2O3. The number of aliphatic hydroxyl groups is 1. The molecule has 0 saturated heterocycles. The number of aromatic nitrogens is 2. The van der Waals surface area contributed by atoms with Gasteiger partial charge in [0.25, 0.3) is 0 Å². The molecule has 2 aromatic rings. The number of hydrogen-bond acceptors (Lipinski definition) is 5. The van der Waals surface area contributed by atoms with E-state index in [9.17, 15) is 9.90 Å². The van der Waals surface area contributed by atoms with Crippen LogP contribution in [0.4, 0.5) is 0 Å². The van der Waals surface area contributed by atoms with E-state index in [2.05, 4.69) is 9.97 Å². The fraction of sp³-hybridized carbons (Fsp3) is 0.278. The van der Waals surface area contributed by atoms with Gasteiger partial charge in [-0.05, 0) is 32.9 Å². The van der Waals surface area contributed by atoms with Crippen LogP contribution in [0.5, 0.6) is 5.75 Å². The van der Waals surface area contributed by atoms with Crippen LogP contribution in [0.1, 0.15) is 37.7 Å². The smallest absolute Gasteiger partial charge is 0.179 e. The number of halogens is 2. The minimum Gasteiger partial charge on any atom is -0.505 e. The molecular weight excluding hydrogens is 363 g/mol. The monoisotopic (exact) mass is 378 g/mol. The van der Waals surface area contributed by atoms with Crippen molar-refractivity contribution in [1.29, 1.82) is 0 Å². The van der Waals surface area contributed by atoms with Gasteiger partial charge in [0.05, 0.1) is 38.9 Å². The molecule has 3 rings (SSSR count). The van der Waals surface area contributed by atoms with Crippen LogP contribution >= 0.6 is 23.2 Å². The molecule has 0 amide bonds. The molecule has 7 heteroatoms. The first-order valence-electron chi connectivity index (χ1n) is 7.71. The zero-order valence-electron chi connectivity index (χ0n) is 13.9. The molecule has 0 saturated carbocycles. The number of nitrogens with zero attached hydrogens (tertiary/aromatic N) is 2. The number of carbonyl (C=O) groups is 1. The van der Waals surface area contributed by atoms with Gasteiger partial charge in [-0.25, -0.2) is 4.98 Å². The molecule has 1 N–H and O–H groups in total. The van der Waals surface area contributed by atoms with Crippen LogP contribution in [-0.2, 0) is 10.2 Å². The van der Waals surface area contributed by atoms with Crippen LogP contribution in [0, 0.1) is 0 Å². The number of ketones is 1. The Balaban J connectivity index is 2.39. The first-order valence-corrected chi connectivity index (χ1v) is 8.47. The lowest BCUT2D eigenvalue weighted by Gasteiger charge is -2.31. The number of ether oxygens (including phenoxy) is 1. The highest BCUT2D eigenvalue weighted by Gasteiger charge is 2.44. The predicted molar refractivity (Wildman–Crippen MR) is 97.1 cm³/mol. The van der Waals surface area contributed by atoms with E-state index in [-0.39, 0.29) is 39.1 Å². The van der Waals surface area contributed by atoms with Gasteiger partial charge >= 0.3 is 0 Å². The van der Waals surface area contributed by atoms with Gasteiger partial charge in [-0.2, -0.15) is 0 Å². The number of benzene rings is 1. The first kappa shape index (κ1) is 17.7. The number of Topliss-reactive ketones (excluding diaryl/α,β-unsaturated/α-hetero) is 1. The lowest BCUT2D eigenvalue weighted by molar-refractivity contribution is -0.118. The normalized spacial score (nSPS) is 16.0. The molecule has 0 unspecified atom stereocenters. The Morgan fingerprint density at radius 2 is 1.80 bits per heavy atom. The van der Waals surface area contributed by atoms with E-state index in [0.29, 0.717) is 17.3 Å². The Morgan fingerprint density at radius 3 is 2.48 bits per heavy atom. The Kier molecular flexibility index (Phi) is 4.47. The van der Waals surface area contributed by atoms with Crippen LogP contribution in [0.3, 0.4) is 0 Å². The lowest BCUT2D eigenvalue weighted by atomic mass is 9.73. The zero-order chi connectivity index (χ0) is 18.4. The van der Waals surface area contributed by atoms with Crippen molar-refractivity contribution in [3.8, 4) is 5.75 Å². The summed E-state index contributed by atoms with van der Waals surface area (Å²) in [5.41, 5.74) is -0.0184. The average molecular weight is 379 g/mol. The van der Waals surface area contributed by atoms with Gasteiger partial charge in [0.15, 0.2) is 11.5 Å². The number of carbonyl (C=O) groups excluding carboxylic acids is 1. The van der Waals surface area contributed by atoms with E-state index in [4.69, 9.17) is 27.9 Å². The highest BCUT2D eigenvalue weighted by molar-refractivity contribution is 6.41. The molecule has 0 aliphatic heterocycles. The third kappa shape index (κ3) is 2.68. The molecule has 1 heterocycles. The summed E-state index contributed by atoms with van der Waals surface area (Å²) in [5, 5.41) is 11.3. The van der Waals surface area contributed by atoms with Crippen LogP contribution < -0.4 is 4.74 Å². The van der Waals surface area contributed by atoms with Gasteiger partial charge in [-0.15, -0.1) is 0 Å². The maximum atomic E-state index is 13.2. The summed E-state index contributed by atoms with van der Waals surface area (Å²) in [7, 11) is 0. The van der Waals surface area contributed by atoms with E-state index >= 15 is 0 Å². The van der Waals surface area contributed by atoms with Gasteiger partial charge in [-0.1, -0.05) is 23.2 Å². The van der Waals surface area contributed by atoms with Gasteiger partial charge < -0.3 is 9.84 Å². The Hall–Kier alpha value is -2.11. The molecule has 130 valence electrons. The van der Waals surface area contributed by atoms with Crippen molar-refractivity contribution >= 4 is 40.3 Å². The molecule has 1 aromatic heterocycles. The molecule has 5 nitrogen and oxygen atoms in total. The molecule has 1 aromatic carbocycles. The maximum Gasteiger partial charge on any atom is 0.179 e. The van der Waals surface area contributed by atoms with E-state index in [1.165, 1.54) is 12.4 Å². The van der Waals surface area contributed by atoms with Crippen LogP contribution in [0.15, 0.2) is 24.5 Å². The average Bonchev–Trinajstić information content (AvgIpc) is 2.59. The second-order valence-corrected chi connectivity index (χ2v) is 6.91. The Morgan fingerprint density at radius 1 is 1.16 bits per heavy atom. The summed E-state index contributed by atoms with van der Waals surface area (Å²) in [6.45, 7) is 5.58. The summed E-state index contributed by atoms with van der Waals surface area (Å²) >= 11 is 12.6. The molecule has 0 radical (unpaired) electrons. The fourth-order valence-corrected chi connectivity index (χ4v) is 3.35. The van der Waals surface area contributed by atoms with Crippen LogP contribution in [0.2, 0.25) is 10.0 Å². The van der Waals surface area contributed by atoms with Crippen molar-refractivity contribution in [3.05, 3.63) is 51.5 Å². The molecule has 25 heavy (non-hydrogen) atoms. The van der Waals surface area contributed by atoms with E-state index in [1.807, 2.05) is 0 Å². The summed E-state index contributed by atoms with van der Waals surface area (Å²) in [4.78, 5) is 21.6. The van der Waals surface area contributed by atoms with Gasteiger partial charge in [0.1, 0.15) is 11.4 Å². The van der Waals surface area contributed by atoms with E-state index < -0.39 is 5.41 Å². The molecule has 0 spiro atoms. The van der Waals surface area contributed by atoms with Crippen molar-refractivity contribution in [2.45, 2.75) is 26.2 Å². The standard InChI is InChI=1S/C18H16Cl2N2O3/c1-4-25-15-10(20)6-5-9(19)11(15)12-14(23)13-16(22-8-7-21-13)18(2,3)17(12)24/h5-8,23H,4H2,1-3H3. The van der Waals surface area contributed by atoms with Gasteiger partial charge in [-0.3, -0.25) is 9.78 Å². The number of aliphatic hydroxyl groups excluding tert-OH is 1. The van der Waals surface area contributed by atoms with Gasteiger partial charge in [0.2, 0.25) is 0 Å². The van der Waals surface area contributed by atoms with Crippen molar-refractivity contribution < 1.29 is 14.6 Å². The van der Waals surface area contributed by atoms with Crippen molar-refractivity contribution in [2.75, 3.05) is 6.61 Å². The van der Waals surface area contributed by atoms with Crippen molar-refractivity contribution in [3.63, 3.8) is 0 Å². The second kappa shape index (κ2) is 6.32. The summed E-state index contributed by atoms with van der Waals surface area (Å²) in [6, 6.07) is 3.15. The first-order chi connectivity index (χ1) is 11.8. The summed E-state index contributed by atoms with van der Waals surface area (Å²) in [6.07, 6.45) is 2.95. The highest BCUT2D eigenvalue weighted by Crippen LogP contribution is 2.47. The largest absolute Gasteiger partial charge is 0.505 e. The number of fused-ring (bicyclic) bond motifs is 1. The number of rotatable bonds is 3. The maximum absolute atomic E-state index is 13.2. The molecule has 0 fully saturated rings. The van der Waals surface area contributed by atoms with Crippen molar-refractivity contribution in [1.82, 2.24) is 9.97 Å². The quantitative estimate of drug-likeness (QED) is 0.852. The lowest BCUT2D eigenvalue weighted by Crippen LogP contribution is -2.36. The Bertz CT molecular complexity index is 907. The second-order valence-electron chi connectivity index (χ2n) is 6.10. The van der Waals surface area contributed by atoms with Gasteiger partial charge in [0, 0.05) is 12.4 Å². The van der Waals surface area contributed by atoms with Crippen molar-refractivity contribution in [2.24, 2.45) is 0 Å². The molecule has 0 bridgehead atoms. The highest BCUT2D eigenvalue weighted by atomic mass is 35.5. The number of allylic oxidation sites excluding steroid dienone is 1. The third-order valence-electron chi connectivity index (χ3n) is 4.14. The molecule has 0 atom stereocenters. The Labute approximate surface area is 155 Å². The van der Waals surface area contributed by atoms with Crippen LogP contribution in [-0.4, -0.2) is 27.5 Å². The minimum atomic E-state index is -0.986. The minimum absolute atomic E-state index is 0.0361. The number of hydrogen-bond donors (Lipinski definition) is 1.